The van der Waals surface area contributed by atoms with Crippen LogP contribution in [0.2, 0.25) is 5.02 Å². The lowest BCUT2D eigenvalue weighted by Gasteiger charge is -2.38. The largest absolute Gasteiger partial charge is 0.346 e. The highest BCUT2D eigenvalue weighted by atomic mass is 35.5. The first kappa shape index (κ1) is 13.9. The fraction of sp³-hybridized carbons (Fsp3) is 0.533. The van der Waals surface area contributed by atoms with Crippen LogP contribution < -0.4 is 0 Å². The van der Waals surface area contributed by atoms with Gasteiger partial charge < -0.3 is 14.4 Å². The lowest BCUT2D eigenvalue weighted by molar-refractivity contribution is -0.183. The number of ether oxygens (including phenoxy) is 2. The van der Waals surface area contributed by atoms with Gasteiger partial charge in [-0.05, 0) is 37.1 Å². The number of hydrogen-bond acceptors (Lipinski definition) is 3. The molecule has 1 spiro atoms. The molecule has 0 bridgehead atoms. The number of piperidine rings is 1. The molecule has 0 aliphatic carbocycles. The van der Waals surface area contributed by atoms with Crippen molar-refractivity contribution in [2.24, 2.45) is 0 Å². The summed E-state index contributed by atoms with van der Waals surface area (Å²) in [6.07, 6.45) is 1.76. The first-order chi connectivity index (χ1) is 9.60. The molecule has 0 N–H and O–H groups in total. The first-order valence-electron chi connectivity index (χ1n) is 6.93. The van der Waals surface area contributed by atoms with Crippen LogP contribution in [-0.2, 0) is 9.47 Å². The van der Waals surface area contributed by atoms with Crippen LogP contribution in [0.15, 0.2) is 18.2 Å². The van der Waals surface area contributed by atoms with Gasteiger partial charge in [0, 0.05) is 23.6 Å². The Hall–Kier alpha value is -1.10. The highest BCUT2D eigenvalue weighted by molar-refractivity contribution is 6.30. The number of carbonyl (C=O) groups excluding carboxylic acids is 1. The minimum atomic E-state index is -0.575. The molecule has 1 aromatic rings. The van der Waals surface area contributed by atoms with Gasteiger partial charge in [-0.3, -0.25) is 4.79 Å². The molecule has 2 aliphatic rings. The van der Waals surface area contributed by atoms with Gasteiger partial charge >= 0.3 is 0 Å². The molecule has 3 rings (SSSR count). The van der Waals surface area contributed by atoms with E-state index in [1.54, 1.807) is 12.1 Å². The molecule has 2 saturated heterocycles. The molecule has 5 heteroatoms. The van der Waals surface area contributed by atoms with Gasteiger partial charge in [0.1, 0.15) is 0 Å². The van der Waals surface area contributed by atoms with Crippen molar-refractivity contribution in [2.45, 2.75) is 25.6 Å². The molecule has 4 nitrogen and oxygen atoms in total. The Kier molecular flexibility index (Phi) is 3.71. The second kappa shape index (κ2) is 5.35. The van der Waals surface area contributed by atoms with Gasteiger partial charge in [-0.1, -0.05) is 11.6 Å². The third-order valence-corrected chi connectivity index (χ3v) is 4.17. The summed E-state index contributed by atoms with van der Waals surface area (Å²) in [4.78, 5) is 14.5. The maximum atomic E-state index is 12.6. The second-order valence-corrected chi connectivity index (χ2v) is 5.83. The predicted octanol–water partition coefficient (Wildman–Crippen LogP) is 2.63. The van der Waals surface area contributed by atoms with E-state index in [1.807, 2.05) is 17.9 Å². The number of halogens is 1. The summed E-state index contributed by atoms with van der Waals surface area (Å²) in [5.41, 5.74) is 1.60. The number of carbonyl (C=O) groups is 1. The number of amides is 1. The van der Waals surface area contributed by atoms with Crippen LogP contribution in [0, 0.1) is 6.92 Å². The van der Waals surface area contributed by atoms with Crippen LogP contribution in [0.25, 0.3) is 0 Å². The van der Waals surface area contributed by atoms with Crippen molar-refractivity contribution in [3.05, 3.63) is 34.3 Å². The molecule has 0 unspecified atom stereocenters. The maximum absolute atomic E-state index is 12.6. The van der Waals surface area contributed by atoms with E-state index in [0.29, 0.717) is 30.3 Å². The highest BCUT2D eigenvalue weighted by Crippen LogP contribution is 2.31. The molecule has 2 aliphatic heterocycles. The lowest BCUT2D eigenvalue weighted by Crippen LogP contribution is -2.51. The van der Waals surface area contributed by atoms with Crippen LogP contribution in [0.3, 0.4) is 0 Å². The Morgan fingerprint density at radius 3 is 2.80 bits per heavy atom. The Bertz CT molecular complexity index is 526. The van der Waals surface area contributed by atoms with E-state index in [-0.39, 0.29) is 5.91 Å². The average Bonchev–Trinajstić information content (AvgIpc) is 2.86. The van der Waals surface area contributed by atoms with Crippen molar-refractivity contribution in [3.63, 3.8) is 0 Å². The number of rotatable bonds is 1. The van der Waals surface area contributed by atoms with E-state index in [4.69, 9.17) is 21.1 Å². The molecule has 108 valence electrons. The van der Waals surface area contributed by atoms with Gasteiger partial charge in [0.25, 0.3) is 5.91 Å². The van der Waals surface area contributed by atoms with E-state index in [2.05, 4.69) is 0 Å². The fourth-order valence-electron chi connectivity index (χ4n) is 2.93. The lowest BCUT2D eigenvalue weighted by atomic mass is 10.0. The molecule has 20 heavy (non-hydrogen) atoms. The molecule has 0 aromatic heterocycles. The van der Waals surface area contributed by atoms with Crippen LogP contribution >= 0.6 is 11.6 Å². The molecule has 1 amide bonds. The van der Waals surface area contributed by atoms with Gasteiger partial charge in [-0.25, -0.2) is 0 Å². The summed E-state index contributed by atoms with van der Waals surface area (Å²) in [7, 11) is 0. The Balaban J connectivity index is 1.79. The van der Waals surface area contributed by atoms with Gasteiger partial charge in [0.2, 0.25) is 0 Å². The summed E-state index contributed by atoms with van der Waals surface area (Å²) in [5.74, 6) is -0.550. The molecule has 1 aromatic carbocycles. The predicted molar refractivity (Wildman–Crippen MR) is 76.0 cm³/mol. The summed E-state index contributed by atoms with van der Waals surface area (Å²) < 4.78 is 11.4. The minimum absolute atomic E-state index is 0.0253. The SMILES string of the molecule is Cc1cc(Cl)ccc1C(=O)N1CCCC2(C1)OCCO2. The topological polar surface area (TPSA) is 38.8 Å². The standard InChI is InChI=1S/C15H18ClNO3/c1-11-9-12(16)3-4-13(11)14(18)17-6-2-5-15(10-17)19-7-8-20-15/h3-4,9H,2,5-8,10H2,1H3. The molecule has 2 fully saturated rings. The van der Waals surface area contributed by atoms with Crippen LogP contribution in [0.5, 0.6) is 0 Å². The van der Waals surface area contributed by atoms with Crippen molar-refractivity contribution >= 4 is 17.5 Å². The second-order valence-electron chi connectivity index (χ2n) is 5.40. The van der Waals surface area contributed by atoms with Crippen molar-refractivity contribution in [1.29, 1.82) is 0 Å². The third-order valence-electron chi connectivity index (χ3n) is 3.94. The zero-order valence-corrected chi connectivity index (χ0v) is 12.3. The van der Waals surface area contributed by atoms with Gasteiger partial charge in [-0.2, -0.15) is 0 Å². The summed E-state index contributed by atoms with van der Waals surface area (Å²) in [5, 5.41) is 0.650. The van der Waals surface area contributed by atoms with E-state index >= 15 is 0 Å². The Morgan fingerprint density at radius 2 is 2.10 bits per heavy atom. The van der Waals surface area contributed by atoms with Crippen molar-refractivity contribution in [2.75, 3.05) is 26.3 Å². The zero-order valence-electron chi connectivity index (χ0n) is 11.5. The zero-order chi connectivity index (χ0) is 14.2. The minimum Gasteiger partial charge on any atom is -0.346 e. The highest BCUT2D eigenvalue weighted by Gasteiger charge is 2.42. The third kappa shape index (κ3) is 2.55. The summed E-state index contributed by atoms with van der Waals surface area (Å²) in [6.45, 7) is 4.38. The monoisotopic (exact) mass is 295 g/mol. The van der Waals surface area contributed by atoms with E-state index < -0.39 is 5.79 Å². The van der Waals surface area contributed by atoms with E-state index in [9.17, 15) is 4.79 Å². The maximum Gasteiger partial charge on any atom is 0.254 e. The number of benzene rings is 1. The van der Waals surface area contributed by atoms with Crippen molar-refractivity contribution in [1.82, 2.24) is 4.90 Å². The number of hydrogen-bond donors (Lipinski definition) is 0. The number of nitrogens with zero attached hydrogens (tertiary/aromatic N) is 1. The molecule has 0 atom stereocenters. The van der Waals surface area contributed by atoms with Crippen LogP contribution in [-0.4, -0.2) is 42.9 Å². The Morgan fingerprint density at radius 1 is 1.35 bits per heavy atom. The van der Waals surface area contributed by atoms with Crippen molar-refractivity contribution < 1.29 is 14.3 Å². The van der Waals surface area contributed by atoms with Gasteiger partial charge in [0.05, 0.1) is 19.8 Å². The van der Waals surface area contributed by atoms with Gasteiger partial charge in [0.15, 0.2) is 5.79 Å². The summed E-state index contributed by atoms with van der Waals surface area (Å²) in [6, 6.07) is 5.36. The van der Waals surface area contributed by atoms with Crippen LogP contribution in [0.4, 0.5) is 0 Å². The van der Waals surface area contributed by atoms with Crippen LogP contribution in [0.1, 0.15) is 28.8 Å². The smallest absolute Gasteiger partial charge is 0.254 e. The average molecular weight is 296 g/mol. The quantitative estimate of drug-likeness (QED) is 0.799. The first-order valence-corrected chi connectivity index (χ1v) is 7.31. The molecular formula is C15H18ClNO3. The van der Waals surface area contributed by atoms with E-state index in [1.165, 1.54) is 0 Å². The normalized spacial score (nSPS) is 21.4. The Labute approximate surface area is 123 Å². The summed E-state index contributed by atoms with van der Waals surface area (Å²) >= 11 is 5.94. The number of aryl methyl sites for hydroxylation is 1. The molecular weight excluding hydrogens is 278 g/mol. The number of likely N-dealkylation sites (tertiary alicyclic amines) is 1. The molecule has 2 heterocycles. The van der Waals surface area contributed by atoms with Gasteiger partial charge in [-0.15, -0.1) is 0 Å². The fourth-order valence-corrected chi connectivity index (χ4v) is 3.16. The molecule has 0 saturated carbocycles. The van der Waals surface area contributed by atoms with E-state index in [0.717, 1.165) is 24.9 Å². The molecule has 0 radical (unpaired) electrons. The van der Waals surface area contributed by atoms with Crippen molar-refractivity contribution in [3.8, 4) is 0 Å².